The summed E-state index contributed by atoms with van der Waals surface area (Å²) in [5.74, 6) is 0. The van der Waals surface area contributed by atoms with Gasteiger partial charge < -0.3 is 25.3 Å². The zero-order chi connectivity index (χ0) is 19.1. The first-order valence-corrected chi connectivity index (χ1v) is 8.53. The predicted octanol–water partition coefficient (Wildman–Crippen LogP) is 2.40. The Balaban J connectivity index is 1.47. The van der Waals surface area contributed by atoms with Crippen LogP contribution in [0.1, 0.15) is 17.2 Å². The van der Waals surface area contributed by atoms with Gasteiger partial charge in [-0.1, -0.05) is 54.6 Å². The van der Waals surface area contributed by atoms with Gasteiger partial charge >= 0.3 is 6.09 Å². The van der Waals surface area contributed by atoms with Crippen molar-refractivity contribution in [1.29, 1.82) is 0 Å². The first kappa shape index (κ1) is 18.6. The van der Waals surface area contributed by atoms with Crippen LogP contribution in [-0.4, -0.2) is 38.9 Å². The number of H-pyrrole nitrogens is 1. The van der Waals surface area contributed by atoms with Crippen molar-refractivity contribution < 1.29 is 19.7 Å². The van der Waals surface area contributed by atoms with Crippen LogP contribution in [0.25, 0.3) is 11.3 Å². The molecule has 2 atom stereocenters. The van der Waals surface area contributed by atoms with Gasteiger partial charge in [0.05, 0.1) is 18.2 Å². The fourth-order valence-electron chi connectivity index (χ4n) is 2.57. The van der Waals surface area contributed by atoms with Crippen LogP contribution in [0, 0.1) is 0 Å². The van der Waals surface area contributed by atoms with E-state index in [0.29, 0.717) is 5.56 Å². The number of hydrogen-bond donors (Lipinski definition) is 4. The molecule has 7 nitrogen and oxygen atoms in total. The fourth-order valence-corrected chi connectivity index (χ4v) is 2.57. The zero-order valence-corrected chi connectivity index (χ0v) is 14.6. The molecule has 0 fully saturated rings. The Hall–Kier alpha value is -3.16. The van der Waals surface area contributed by atoms with Crippen LogP contribution >= 0.6 is 0 Å². The number of nitrogens with zero attached hydrogens (tertiary/aromatic N) is 1. The maximum absolute atomic E-state index is 11.7. The van der Waals surface area contributed by atoms with Crippen LogP contribution in [0.3, 0.4) is 0 Å². The Bertz CT molecular complexity index is 835. The van der Waals surface area contributed by atoms with E-state index in [-0.39, 0.29) is 13.2 Å². The molecule has 0 saturated carbocycles. The number of benzene rings is 2. The topological polar surface area (TPSA) is 107 Å². The zero-order valence-electron chi connectivity index (χ0n) is 14.6. The number of rotatable bonds is 7. The first-order chi connectivity index (χ1) is 13.1. The van der Waals surface area contributed by atoms with Crippen molar-refractivity contribution in [3.8, 4) is 11.3 Å². The Labute approximate surface area is 156 Å². The highest BCUT2D eigenvalue weighted by atomic mass is 16.5. The number of ether oxygens (including phenoxy) is 1. The van der Waals surface area contributed by atoms with Crippen molar-refractivity contribution in [1.82, 2.24) is 15.3 Å². The van der Waals surface area contributed by atoms with Gasteiger partial charge in [-0.25, -0.2) is 9.78 Å². The average molecular weight is 367 g/mol. The van der Waals surface area contributed by atoms with E-state index in [1.165, 1.54) is 0 Å². The quantitative estimate of drug-likeness (QED) is 0.513. The molecule has 0 spiro atoms. The minimum Gasteiger partial charge on any atom is -0.445 e. The molecule has 0 aliphatic rings. The van der Waals surface area contributed by atoms with Crippen LogP contribution in [-0.2, 0) is 11.3 Å². The summed E-state index contributed by atoms with van der Waals surface area (Å²) in [5, 5.41) is 22.8. The van der Waals surface area contributed by atoms with E-state index in [1.54, 1.807) is 24.7 Å². The summed E-state index contributed by atoms with van der Waals surface area (Å²) in [4.78, 5) is 18.7. The van der Waals surface area contributed by atoms with Gasteiger partial charge in [-0.3, -0.25) is 0 Å². The lowest BCUT2D eigenvalue weighted by molar-refractivity contribution is 0.0184. The van der Waals surface area contributed by atoms with E-state index in [0.717, 1.165) is 16.8 Å². The van der Waals surface area contributed by atoms with Crippen molar-refractivity contribution in [2.24, 2.45) is 0 Å². The summed E-state index contributed by atoms with van der Waals surface area (Å²) in [5.41, 5.74) is 3.19. The molecule has 3 rings (SSSR count). The molecule has 27 heavy (non-hydrogen) atoms. The van der Waals surface area contributed by atoms with Gasteiger partial charge in [0.15, 0.2) is 0 Å². The van der Waals surface area contributed by atoms with E-state index in [1.807, 2.05) is 42.5 Å². The molecule has 7 heteroatoms. The molecule has 1 amide bonds. The summed E-state index contributed by atoms with van der Waals surface area (Å²) >= 11 is 0. The highest BCUT2D eigenvalue weighted by Crippen LogP contribution is 2.21. The number of nitrogens with one attached hydrogen (secondary N) is 2. The number of carbonyl (C=O) groups excluding carboxylic acids is 1. The second-order valence-electron chi connectivity index (χ2n) is 6.04. The Morgan fingerprint density at radius 1 is 1.11 bits per heavy atom. The highest BCUT2D eigenvalue weighted by molar-refractivity contribution is 5.67. The maximum atomic E-state index is 11.7. The van der Waals surface area contributed by atoms with Crippen LogP contribution in [0.4, 0.5) is 4.79 Å². The lowest BCUT2D eigenvalue weighted by atomic mass is 10.0. The molecule has 0 aliphatic heterocycles. The van der Waals surface area contributed by atoms with E-state index >= 15 is 0 Å². The van der Waals surface area contributed by atoms with Crippen LogP contribution in [0.15, 0.2) is 67.1 Å². The van der Waals surface area contributed by atoms with E-state index in [2.05, 4.69) is 15.3 Å². The summed E-state index contributed by atoms with van der Waals surface area (Å²) in [7, 11) is 0. The number of aliphatic hydroxyl groups is 2. The highest BCUT2D eigenvalue weighted by Gasteiger charge is 2.19. The molecule has 4 N–H and O–H groups in total. The summed E-state index contributed by atoms with van der Waals surface area (Å²) in [6.45, 7) is 0.0114. The second kappa shape index (κ2) is 8.98. The lowest BCUT2D eigenvalue weighted by Crippen LogP contribution is -2.35. The summed E-state index contributed by atoms with van der Waals surface area (Å²) in [6, 6.07) is 16.4. The molecule has 1 heterocycles. The Kier molecular flexibility index (Phi) is 6.19. The second-order valence-corrected chi connectivity index (χ2v) is 6.04. The number of aliphatic hydroxyl groups excluding tert-OH is 2. The number of aromatic nitrogens is 2. The molecule has 0 saturated heterocycles. The number of amides is 1. The van der Waals surface area contributed by atoms with Crippen LogP contribution in [0.5, 0.6) is 0 Å². The summed E-state index contributed by atoms with van der Waals surface area (Å²) in [6.07, 6.45) is 0.345. The molecule has 0 bridgehead atoms. The Morgan fingerprint density at radius 3 is 2.52 bits per heavy atom. The minimum atomic E-state index is -1.16. The third kappa shape index (κ3) is 5.16. The van der Waals surface area contributed by atoms with E-state index in [9.17, 15) is 15.0 Å². The monoisotopic (exact) mass is 367 g/mol. The maximum Gasteiger partial charge on any atom is 0.407 e. The van der Waals surface area contributed by atoms with Gasteiger partial charge in [0, 0.05) is 6.54 Å². The van der Waals surface area contributed by atoms with Crippen LogP contribution < -0.4 is 5.32 Å². The van der Waals surface area contributed by atoms with Gasteiger partial charge in [0.2, 0.25) is 0 Å². The van der Waals surface area contributed by atoms with E-state index < -0.39 is 18.3 Å². The largest absolute Gasteiger partial charge is 0.445 e. The average Bonchev–Trinajstić information content (AvgIpc) is 3.25. The van der Waals surface area contributed by atoms with Crippen molar-refractivity contribution >= 4 is 6.09 Å². The van der Waals surface area contributed by atoms with Crippen molar-refractivity contribution in [3.63, 3.8) is 0 Å². The SMILES string of the molecule is O=C(NCC(O)C(O)c1ccc(-c2cnc[nH]2)cc1)OCc1ccccc1. The molecule has 0 aliphatic carbocycles. The molecule has 140 valence electrons. The van der Waals surface area contributed by atoms with Crippen molar-refractivity contribution in [2.45, 2.75) is 18.8 Å². The van der Waals surface area contributed by atoms with Gasteiger partial charge in [-0.05, 0) is 16.7 Å². The molecule has 2 aromatic carbocycles. The molecular weight excluding hydrogens is 346 g/mol. The van der Waals surface area contributed by atoms with Crippen molar-refractivity contribution in [3.05, 3.63) is 78.2 Å². The molecule has 0 radical (unpaired) electrons. The van der Waals surface area contributed by atoms with Crippen LogP contribution in [0.2, 0.25) is 0 Å². The number of alkyl carbamates (subject to hydrolysis) is 1. The standard InChI is InChI=1S/C20H21N3O4/c24-18(11-22-20(26)27-12-14-4-2-1-3-5-14)19(25)16-8-6-15(7-9-16)17-10-21-13-23-17/h1-10,13,18-19,24-25H,11-12H2,(H,21,23)(H,22,26). The van der Waals surface area contributed by atoms with E-state index in [4.69, 9.17) is 4.74 Å². The fraction of sp³-hybridized carbons (Fsp3) is 0.200. The molecular formula is C20H21N3O4. The van der Waals surface area contributed by atoms with Gasteiger partial charge in [-0.2, -0.15) is 0 Å². The number of aromatic amines is 1. The minimum absolute atomic E-state index is 0.128. The van der Waals surface area contributed by atoms with Gasteiger partial charge in [0.25, 0.3) is 0 Å². The predicted molar refractivity (Wildman–Crippen MR) is 99.6 cm³/mol. The number of carbonyl (C=O) groups is 1. The van der Waals surface area contributed by atoms with Gasteiger partial charge in [0.1, 0.15) is 18.8 Å². The molecule has 3 aromatic rings. The third-order valence-corrected chi connectivity index (χ3v) is 4.09. The molecule has 1 aromatic heterocycles. The number of imidazole rings is 1. The third-order valence-electron chi connectivity index (χ3n) is 4.09. The summed E-state index contributed by atoms with van der Waals surface area (Å²) < 4.78 is 5.07. The lowest BCUT2D eigenvalue weighted by Gasteiger charge is -2.19. The Morgan fingerprint density at radius 2 is 1.85 bits per heavy atom. The van der Waals surface area contributed by atoms with Gasteiger partial charge in [-0.15, -0.1) is 0 Å². The number of hydrogen-bond acceptors (Lipinski definition) is 5. The molecule has 2 unspecified atom stereocenters. The smallest absolute Gasteiger partial charge is 0.407 e. The normalized spacial score (nSPS) is 13.0. The first-order valence-electron chi connectivity index (χ1n) is 8.53. The van der Waals surface area contributed by atoms with Crippen molar-refractivity contribution in [2.75, 3.05) is 6.54 Å².